The average Bonchev–Trinajstić information content (AvgIpc) is 3.65. The van der Waals surface area contributed by atoms with E-state index in [2.05, 4.69) is 0 Å². The maximum atomic E-state index is 12.9. The molecule has 0 bridgehead atoms. The molecule has 0 aliphatic rings. The van der Waals surface area contributed by atoms with Crippen LogP contribution in [0.4, 0.5) is 17.6 Å². The van der Waals surface area contributed by atoms with Gasteiger partial charge >= 0.3 is 33.7 Å². The fourth-order valence-corrected chi connectivity index (χ4v) is 2.38. The number of benzene rings is 2. The van der Waals surface area contributed by atoms with Gasteiger partial charge < -0.3 is 9.47 Å². The SMILES string of the molecule is CCC(=O)Oc1cc(F)[c-]c(F)c1C.CCC(=O)Oc1cc(F)[c-]c(F)c1C.[Ti+4].c1cc[cH-]c1.c1cc[cH-]c1. The van der Waals surface area contributed by atoms with Gasteiger partial charge in [0, 0.05) is 47.6 Å². The van der Waals surface area contributed by atoms with Crippen LogP contribution < -0.4 is 9.47 Å². The van der Waals surface area contributed by atoms with E-state index in [0.29, 0.717) is 0 Å². The first-order chi connectivity index (χ1) is 18.1. The van der Waals surface area contributed by atoms with E-state index in [4.69, 9.17) is 9.47 Å². The molecule has 9 heteroatoms. The predicted molar refractivity (Wildman–Crippen MR) is 136 cm³/mol. The molecule has 204 valence electrons. The monoisotopic (exact) mass is 576 g/mol. The first-order valence-electron chi connectivity index (χ1n) is 11.6. The minimum absolute atomic E-state index is 0. The Kier molecular flexibility index (Phi) is 17.8. The molecule has 0 amide bonds. The summed E-state index contributed by atoms with van der Waals surface area (Å²) in [5.74, 6) is -4.70. The normalized spacial score (nSPS) is 9.23. The van der Waals surface area contributed by atoms with Crippen molar-refractivity contribution < 1.29 is 58.3 Å². The predicted octanol–water partition coefficient (Wildman–Crippen LogP) is 7.59. The molecule has 0 unspecified atom stereocenters. The summed E-state index contributed by atoms with van der Waals surface area (Å²) in [6.45, 7) is 5.98. The van der Waals surface area contributed by atoms with Gasteiger partial charge in [0.25, 0.3) is 0 Å². The van der Waals surface area contributed by atoms with E-state index < -0.39 is 35.2 Å². The third-order valence-electron chi connectivity index (χ3n) is 4.51. The number of hydrogen-bond acceptors (Lipinski definition) is 4. The standard InChI is InChI=1S/2C10H9F2O2.2C5H5.Ti/c2*1-3-10(13)14-9-5-7(11)4-8(12)6(9)2;2*1-2-4-5-3-1;/h2*5H,3H2,1-2H3;2*1-5H;/q4*-1;+4. The molecule has 0 saturated carbocycles. The Morgan fingerprint density at radius 1 is 0.692 bits per heavy atom. The van der Waals surface area contributed by atoms with Crippen molar-refractivity contribution in [2.75, 3.05) is 0 Å². The summed E-state index contributed by atoms with van der Waals surface area (Å²) in [6.07, 6.45) is 0.308. The van der Waals surface area contributed by atoms with Crippen LogP contribution in [0.2, 0.25) is 0 Å². The number of halogens is 4. The van der Waals surface area contributed by atoms with Crippen LogP contribution in [-0.4, -0.2) is 11.9 Å². The second kappa shape index (κ2) is 19.6. The molecule has 0 heterocycles. The van der Waals surface area contributed by atoms with Crippen molar-refractivity contribution in [3.63, 3.8) is 0 Å². The van der Waals surface area contributed by atoms with Gasteiger partial charge in [0.15, 0.2) is 0 Å². The summed E-state index contributed by atoms with van der Waals surface area (Å²) in [5.41, 5.74) is 0.154. The molecule has 0 spiro atoms. The molecule has 0 radical (unpaired) electrons. The van der Waals surface area contributed by atoms with E-state index in [9.17, 15) is 27.2 Å². The van der Waals surface area contributed by atoms with Gasteiger partial charge in [-0.1, -0.05) is 51.0 Å². The van der Waals surface area contributed by atoms with Crippen LogP contribution in [0.3, 0.4) is 0 Å². The Balaban J connectivity index is 0.000000537. The minimum atomic E-state index is -0.882. The molecular weight excluding hydrogens is 548 g/mol. The Bertz CT molecular complexity index is 1110. The van der Waals surface area contributed by atoms with Gasteiger partial charge in [0.1, 0.15) is 0 Å². The summed E-state index contributed by atoms with van der Waals surface area (Å²) in [6, 6.07) is 25.6. The van der Waals surface area contributed by atoms with Crippen LogP contribution in [0.1, 0.15) is 37.8 Å². The molecule has 39 heavy (non-hydrogen) atoms. The summed E-state index contributed by atoms with van der Waals surface area (Å²) in [5, 5.41) is 0. The third kappa shape index (κ3) is 14.3. The molecule has 0 N–H and O–H groups in total. The van der Waals surface area contributed by atoms with Gasteiger partial charge in [-0.3, -0.25) is 9.59 Å². The Hall–Kier alpha value is -3.49. The molecule has 4 rings (SSSR count). The quantitative estimate of drug-likeness (QED) is 0.0827. The molecular formula is C30H28F4O4Ti. The van der Waals surface area contributed by atoms with E-state index in [1.165, 1.54) is 13.8 Å². The topological polar surface area (TPSA) is 52.6 Å². The Labute approximate surface area is 241 Å². The Morgan fingerprint density at radius 2 is 1.00 bits per heavy atom. The summed E-state index contributed by atoms with van der Waals surface area (Å²) in [4.78, 5) is 21.8. The first kappa shape index (κ1) is 35.5. The molecule has 0 fully saturated rings. The van der Waals surface area contributed by atoms with Crippen molar-refractivity contribution in [3.8, 4) is 11.5 Å². The first-order valence-corrected chi connectivity index (χ1v) is 11.6. The number of hydrogen-bond donors (Lipinski definition) is 0. The van der Waals surface area contributed by atoms with Crippen LogP contribution in [-0.2, 0) is 31.3 Å². The largest absolute Gasteiger partial charge is 4.00 e. The molecule has 4 nitrogen and oxygen atoms in total. The van der Waals surface area contributed by atoms with Gasteiger partial charge in [-0.15, -0.1) is 12.1 Å². The van der Waals surface area contributed by atoms with Crippen LogP contribution in [0.5, 0.6) is 11.5 Å². The van der Waals surface area contributed by atoms with E-state index in [1.807, 2.05) is 72.8 Å². The molecule has 0 atom stereocenters. The van der Waals surface area contributed by atoms with Gasteiger partial charge in [-0.25, -0.2) is 41.8 Å². The zero-order chi connectivity index (χ0) is 28.5. The van der Waals surface area contributed by atoms with E-state index in [1.54, 1.807) is 13.8 Å². The maximum Gasteiger partial charge on any atom is 4.00 e. The van der Waals surface area contributed by atoms with Crippen LogP contribution in [0.25, 0.3) is 0 Å². The van der Waals surface area contributed by atoms with Crippen LogP contribution in [0, 0.1) is 49.2 Å². The average molecular weight is 576 g/mol. The number of carbonyl (C=O) groups is 2. The summed E-state index contributed by atoms with van der Waals surface area (Å²) >= 11 is 0. The number of esters is 2. The maximum absolute atomic E-state index is 12.9. The van der Waals surface area contributed by atoms with Gasteiger partial charge in [-0.2, -0.15) is 36.4 Å². The van der Waals surface area contributed by atoms with E-state index in [0.717, 1.165) is 12.1 Å². The second-order valence-corrected chi connectivity index (χ2v) is 7.42. The van der Waals surface area contributed by atoms with Crippen LogP contribution >= 0.6 is 0 Å². The minimum Gasteiger partial charge on any atom is -0.453 e. The third-order valence-corrected chi connectivity index (χ3v) is 4.51. The fraction of sp³-hybridized carbons (Fsp3) is 0.200. The van der Waals surface area contributed by atoms with Crippen molar-refractivity contribution in [2.24, 2.45) is 0 Å². The van der Waals surface area contributed by atoms with Crippen molar-refractivity contribution in [3.05, 3.63) is 119 Å². The summed E-state index contributed by atoms with van der Waals surface area (Å²) < 4.78 is 60.6. The van der Waals surface area contributed by atoms with Crippen LogP contribution in [0.15, 0.2) is 72.8 Å². The number of ether oxygens (including phenoxy) is 2. The molecule has 4 aromatic rings. The van der Waals surface area contributed by atoms with Crippen molar-refractivity contribution in [2.45, 2.75) is 40.5 Å². The molecule has 0 aliphatic heterocycles. The molecule has 4 aromatic carbocycles. The summed E-state index contributed by atoms with van der Waals surface area (Å²) in [7, 11) is 0. The van der Waals surface area contributed by atoms with Crippen molar-refractivity contribution in [1.29, 1.82) is 0 Å². The molecule has 0 aromatic heterocycles. The zero-order valence-corrected chi connectivity index (χ0v) is 23.5. The van der Waals surface area contributed by atoms with Crippen molar-refractivity contribution >= 4 is 11.9 Å². The second-order valence-electron chi connectivity index (χ2n) is 7.42. The van der Waals surface area contributed by atoms with Gasteiger partial charge in [0.05, 0.1) is 0 Å². The number of carbonyl (C=O) groups excluding carboxylic acids is 2. The zero-order valence-electron chi connectivity index (χ0n) is 22.0. The fourth-order valence-electron chi connectivity index (χ4n) is 2.38. The Morgan fingerprint density at radius 3 is 1.23 bits per heavy atom. The number of rotatable bonds is 4. The van der Waals surface area contributed by atoms with Gasteiger partial charge in [0.2, 0.25) is 0 Å². The van der Waals surface area contributed by atoms with Crippen molar-refractivity contribution in [1.82, 2.24) is 0 Å². The molecule has 0 aliphatic carbocycles. The van der Waals surface area contributed by atoms with E-state index in [-0.39, 0.29) is 57.2 Å². The smallest absolute Gasteiger partial charge is 0.453 e. The molecule has 0 saturated heterocycles. The van der Waals surface area contributed by atoms with Gasteiger partial charge in [-0.05, 0) is 0 Å². The van der Waals surface area contributed by atoms with E-state index >= 15 is 0 Å².